The molecule has 1 atom stereocenters. The average molecular weight is 559 g/mol. The predicted octanol–water partition coefficient (Wildman–Crippen LogP) is 5.07. The lowest BCUT2D eigenvalue weighted by molar-refractivity contribution is -0.380. The average Bonchev–Trinajstić information content (AvgIpc) is 3.33. The van der Waals surface area contributed by atoms with Gasteiger partial charge in [-0.25, -0.2) is 4.98 Å². The molecular weight excluding hydrogens is 535 g/mol. The van der Waals surface area contributed by atoms with Crippen LogP contribution in [0.3, 0.4) is 0 Å². The van der Waals surface area contributed by atoms with E-state index in [4.69, 9.17) is 27.4 Å². The molecule has 0 saturated carbocycles. The number of halogens is 2. The number of nitrogens with zero attached hydrogens (tertiary/aromatic N) is 3. The molecule has 0 spiro atoms. The first-order valence-electron chi connectivity index (χ1n) is 10.5. The van der Waals surface area contributed by atoms with Crippen molar-refractivity contribution in [3.8, 4) is 5.75 Å². The van der Waals surface area contributed by atoms with Crippen molar-refractivity contribution in [3.63, 3.8) is 0 Å². The van der Waals surface area contributed by atoms with Crippen LogP contribution >= 0.6 is 34.5 Å². The Morgan fingerprint density at radius 1 is 1.14 bits per heavy atom. The Balaban J connectivity index is 1.91. The van der Waals surface area contributed by atoms with Crippen molar-refractivity contribution >= 4 is 61.2 Å². The van der Waals surface area contributed by atoms with Crippen molar-refractivity contribution in [1.29, 1.82) is 0 Å². The summed E-state index contributed by atoms with van der Waals surface area (Å²) in [5, 5.41) is 14.4. The van der Waals surface area contributed by atoms with Crippen LogP contribution in [-0.4, -0.2) is 50.2 Å². The molecular formula is C22H24Cl2N4O5S2. The van der Waals surface area contributed by atoms with E-state index in [-0.39, 0.29) is 22.7 Å². The first-order chi connectivity index (χ1) is 16.8. The van der Waals surface area contributed by atoms with Gasteiger partial charge in [0, 0.05) is 43.8 Å². The zero-order chi connectivity index (χ0) is 25.4. The van der Waals surface area contributed by atoms with Crippen LogP contribution in [0, 0.1) is 10.1 Å². The van der Waals surface area contributed by atoms with E-state index in [0.717, 1.165) is 17.0 Å². The molecule has 0 bridgehead atoms. The quantitative estimate of drug-likeness (QED) is 0.134. The van der Waals surface area contributed by atoms with Gasteiger partial charge in [0.1, 0.15) is 16.8 Å². The molecule has 0 saturated heterocycles. The Labute approximate surface area is 217 Å². The number of benzene rings is 1. The molecule has 3 rings (SSSR count). The second kappa shape index (κ2) is 12.4. The van der Waals surface area contributed by atoms with Crippen molar-refractivity contribution in [2.75, 3.05) is 42.1 Å². The van der Waals surface area contributed by atoms with Crippen molar-refractivity contribution in [3.05, 3.63) is 75.3 Å². The number of anilines is 2. The summed E-state index contributed by atoms with van der Waals surface area (Å²) in [6.45, 7) is 1.16. The minimum absolute atomic E-state index is 0.0474. The monoisotopic (exact) mass is 558 g/mol. The normalized spacial score (nSPS) is 12.2. The van der Waals surface area contributed by atoms with Gasteiger partial charge in [-0.2, -0.15) is 8.42 Å². The largest absolute Gasteiger partial charge is 0.382 e. The first kappa shape index (κ1) is 27.0. The minimum Gasteiger partial charge on any atom is -0.382 e. The maximum Gasteiger partial charge on any atom is 0.328 e. The van der Waals surface area contributed by atoms with Crippen LogP contribution < -0.4 is 14.4 Å². The van der Waals surface area contributed by atoms with E-state index in [0.29, 0.717) is 36.2 Å². The van der Waals surface area contributed by atoms with E-state index < -0.39 is 20.3 Å². The van der Waals surface area contributed by atoms with Crippen LogP contribution in [0.2, 0.25) is 0 Å². The number of rotatable bonds is 13. The highest BCUT2D eigenvalue weighted by Crippen LogP contribution is 2.38. The number of thiophene rings is 1. The Hall–Kier alpha value is -2.60. The van der Waals surface area contributed by atoms with Crippen LogP contribution in [-0.2, 0) is 16.5 Å². The van der Waals surface area contributed by atoms with Gasteiger partial charge in [0.25, 0.3) is 0 Å². The van der Waals surface area contributed by atoms with Gasteiger partial charge in [0.05, 0.1) is 10.5 Å². The maximum absolute atomic E-state index is 13.4. The SMILES string of the molecule is CNc1ccc(CC(c2ccsc2[N+](=O)[O-])S(=O)(=O)Oc2ccc(N(CCCl)CCCl)cc2)cn1. The predicted molar refractivity (Wildman–Crippen MR) is 141 cm³/mol. The van der Waals surface area contributed by atoms with Gasteiger partial charge < -0.3 is 14.4 Å². The molecule has 13 heteroatoms. The molecule has 2 aromatic heterocycles. The molecule has 3 aromatic rings. The van der Waals surface area contributed by atoms with E-state index in [2.05, 4.69) is 10.3 Å². The molecule has 1 aromatic carbocycles. The zero-order valence-corrected chi connectivity index (χ0v) is 21.9. The van der Waals surface area contributed by atoms with Gasteiger partial charge in [-0.05, 0) is 53.8 Å². The molecule has 2 heterocycles. The van der Waals surface area contributed by atoms with Gasteiger partial charge in [0.2, 0.25) is 0 Å². The summed E-state index contributed by atoms with van der Waals surface area (Å²) in [7, 11) is -2.60. The number of alkyl halides is 2. The van der Waals surface area contributed by atoms with Gasteiger partial charge in [-0.3, -0.25) is 10.1 Å². The zero-order valence-electron chi connectivity index (χ0n) is 18.8. The van der Waals surface area contributed by atoms with Crippen molar-refractivity contribution < 1.29 is 17.5 Å². The molecule has 35 heavy (non-hydrogen) atoms. The fourth-order valence-corrected chi connectivity index (χ4v) is 6.11. The molecule has 0 aliphatic heterocycles. The topological polar surface area (TPSA) is 115 Å². The third-order valence-corrected chi connectivity index (χ3v) is 7.92. The summed E-state index contributed by atoms with van der Waals surface area (Å²) in [4.78, 5) is 17.2. The van der Waals surface area contributed by atoms with Gasteiger partial charge in [-0.1, -0.05) is 17.4 Å². The summed E-state index contributed by atoms with van der Waals surface area (Å²) >= 11 is 12.6. The second-order valence-corrected chi connectivity index (χ2v) is 10.7. The molecule has 1 N–H and O–H groups in total. The van der Waals surface area contributed by atoms with E-state index in [9.17, 15) is 18.5 Å². The van der Waals surface area contributed by atoms with Crippen molar-refractivity contribution in [2.24, 2.45) is 0 Å². The molecule has 0 radical (unpaired) electrons. The second-order valence-electron chi connectivity index (χ2n) is 7.37. The number of aromatic nitrogens is 1. The molecule has 0 aliphatic rings. The first-order valence-corrected chi connectivity index (χ1v) is 14.0. The van der Waals surface area contributed by atoms with Crippen LogP contribution in [0.1, 0.15) is 16.4 Å². The number of hydrogen-bond acceptors (Lipinski definition) is 9. The third kappa shape index (κ3) is 6.97. The summed E-state index contributed by atoms with van der Waals surface area (Å²) in [6, 6.07) is 11.4. The standard InChI is InChI=1S/C22H24Cl2N4O5S2/c1-25-21-7-2-16(15-26-21)14-20(19-8-13-34-22(19)28(29)30)35(31,32)33-18-5-3-17(4-6-18)27(11-9-23)12-10-24/h2-8,13,15,20H,9-12,14H2,1H3,(H,25,26). The fourth-order valence-electron chi connectivity index (χ4n) is 3.46. The Morgan fingerprint density at radius 3 is 2.37 bits per heavy atom. The van der Waals surface area contributed by atoms with E-state index in [1.54, 1.807) is 31.3 Å². The third-order valence-electron chi connectivity index (χ3n) is 5.16. The van der Waals surface area contributed by atoms with Gasteiger partial charge in [0.15, 0.2) is 0 Å². The lowest BCUT2D eigenvalue weighted by Gasteiger charge is -2.23. The number of nitro groups is 1. The minimum atomic E-state index is -4.32. The molecule has 9 nitrogen and oxygen atoms in total. The highest BCUT2D eigenvalue weighted by molar-refractivity contribution is 7.87. The van der Waals surface area contributed by atoms with E-state index in [1.165, 1.54) is 29.8 Å². The summed E-state index contributed by atoms with van der Waals surface area (Å²) in [5.41, 5.74) is 1.48. The van der Waals surface area contributed by atoms with Crippen LogP contribution in [0.5, 0.6) is 5.75 Å². The molecule has 188 valence electrons. The number of nitrogens with one attached hydrogen (secondary N) is 1. The summed E-state index contributed by atoms with van der Waals surface area (Å²) in [6.07, 6.45) is 1.48. The molecule has 1 unspecified atom stereocenters. The Morgan fingerprint density at radius 2 is 1.83 bits per heavy atom. The molecule has 0 fully saturated rings. The number of pyridine rings is 1. The van der Waals surface area contributed by atoms with Crippen molar-refractivity contribution in [2.45, 2.75) is 11.7 Å². The van der Waals surface area contributed by atoms with Gasteiger partial charge >= 0.3 is 15.1 Å². The van der Waals surface area contributed by atoms with E-state index in [1.807, 2.05) is 4.90 Å². The highest BCUT2D eigenvalue weighted by atomic mass is 35.5. The van der Waals surface area contributed by atoms with Crippen LogP contribution in [0.15, 0.2) is 54.0 Å². The lowest BCUT2D eigenvalue weighted by Crippen LogP contribution is -2.27. The lowest BCUT2D eigenvalue weighted by atomic mass is 10.1. The van der Waals surface area contributed by atoms with Crippen LogP contribution in [0.25, 0.3) is 0 Å². The maximum atomic E-state index is 13.4. The summed E-state index contributed by atoms with van der Waals surface area (Å²) in [5.74, 6) is 1.53. The molecule has 0 amide bonds. The fraction of sp³-hybridized carbons (Fsp3) is 0.318. The van der Waals surface area contributed by atoms with Crippen molar-refractivity contribution in [1.82, 2.24) is 4.98 Å². The summed E-state index contributed by atoms with van der Waals surface area (Å²) < 4.78 is 32.3. The Kier molecular flexibility index (Phi) is 9.55. The highest BCUT2D eigenvalue weighted by Gasteiger charge is 2.36. The molecule has 0 aliphatic carbocycles. The number of hydrogen-bond donors (Lipinski definition) is 1. The van der Waals surface area contributed by atoms with E-state index >= 15 is 0 Å². The van der Waals surface area contributed by atoms with Crippen LogP contribution in [0.4, 0.5) is 16.5 Å². The smallest absolute Gasteiger partial charge is 0.328 e. The Bertz CT molecular complexity index is 1220. The van der Waals surface area contributed by atoms with Gasteiger partial charge in [-0.15, -0.1) is 23.2 Å².